The van der Waals surface area contributed by atoms with Crippen molar-refractivity contribution in [3.63, 3.8) is 0 Å². The normalized spacial score (nSPS) is 27.7. The van der Waals surface area contributed by atoms with Crippen molar-refractivity contribution < 1.29 is 4.74 Å². The molecule has 5 heteroatoms. The summed E-state index contributed by atoms with van der Waals surface area (Å²) >= 11 is 0. The Kier molecular flexibility index (Phi) is 4.93. The Hall–Kier alpha value is -0.910. The van der Waals surface area contributed by atoms with Crippen LogP contribution in [0.15, 0.2) is 12.4 Å². The maximum atomic E-state index is 5.72. The van der Waals surface area contributed by atoms with E-state index in [1.807, 2.05) is 25.0 Å². The van der Waals surface area contributed by atoms with Crippen molar-refractivity contribution in [3.8, 4) is 0 Å². The highest BCUT2D eigenvalue weighted by Gasteiger charge is 2.34. The molecule has 2 atom stereocenters. The standard InChI is InChI=1S/C16H28N4O/c1-18-13-14(12-17-18)11-15-16(21-2)5-8-20(15)10-9-19-6-3-4-7-19/h12-13,15-16H,3-11H2,1-2H3/t15-,16-/m1/s1. The van der Waals surface area contributed by atoms with Crippen LogP contribution in [0, 0.1) is 0 Å². The van der Waals surface area contributed by atoms with Gasteiger partial charge in [0.05, 0.1) is 12.3 Å². The number of nitrogens with zero attached hydrogens (tertiary/aromatic N) is 4. The molecule has 0 radical (unpaired) electrons. The van der Waals surface area contributed by atoms with E-state index in [4.69, 9.17) is 4.74 Å². The van der Waals surface area contributed by atoms with Crippen LogP contribution in [-0.2, 0) is 18.2 Å². The predicted octanol–water partition coefficient (Wildman–Crippen LogP) is 1.15. The topological polar surface area (TPSA) is 33.5 Å². The minimum atomic E-state index is 0.365. The Morgan fingerprint density at radius 3 is 2.71 bits per heavy atom. The van der Waals surface area contributed by atoms with Gasteiger partial charge in [-0.25, -0.2) is 0 Å². The second-order valence-corrected chi connectivity index (χ2v) is 6.44. The van der Waals surface area contributed by atoms with Crippen LogP contribution in [0.4, 0.5) is 0 Å². The second kappa shape index (κ2) is 6.90. The van der Waals surface area contributed by atoms with Gasteiger partial charge < -0.3 is 9.64 Å². The molecule has 0 spiro atoms. The SMILES string of the molecule is CO[C@@H]1CCN(CCN2CCCC2)[C@@H]1Cc1cnn(C)c1. The summed E-state index contributed by atoms with van der Waals surface area (Å²) in [5, 5.41) is 4.29. The summed E-state index contributed by atoms with van der Waals surface area (Å²) in [6.45, 7) is 6.12. The molecular weight excluding hydrogens is 264 g/mol. The fraction of sp³-hybridized carbons (Fsp3) is 0.812. The van der Waals surface area contributed by atoms with E-state index in [1.54, 1.807) is 0 Å². The fourth-order valence-corrected chi connectivity index (χ4v) is 3.79. The van der Waals surface area contributed by atoms with Crippen molar-refractivity contribution in [3.05, 3.63) is 18.0 Å². The van der Waals surface area contributed by atoms with Crippen molar-refractivity contribution in [2.24, 2.45) is 7.05 Å². The maximum absolute atomic E-state index is 5.72. The molecule has 2 aliphatic rings. The van der Waals surface area contributed by atoms with E-state index in [0.717, 1.165) is 19.4 Å². The summed E-state index contributed by atoms with van der Waals surface area (Å²) in [6, 6.07) is 0.502. The van der Waals surface area contributed by atoms with E-state index in [9.17, 15) is 0 Å². The Labute approximate surface area is 127 Å². The lowest BCUT2D eigenvalue weighted by Crippen LogP contribution is -2.41. The van der Waals surface area contributed by atoms with Gasteiger partial charge in [0.15, 0.2) is 0 Å². The summed E-state index contributed by atoms with van der Waals surface area (Å²) in [5.74, 6) is 0. The zero-order chi connectivity index (χ0) is 14.7. The molecule has 118 valence electrons. The van der Waals surface area contributed by atoms with E-state index in [2.05, 4.69) is 21.1 Å². The fourth-order valence-electron chi connectivity index (χ4n) is 3.79. The molecule has 3 rings (SSSR count). The number of hydrogen-bond donors (Lipinski definition) is 0. The minimum absolute atomic E-state index is 0.365. The Morgan fingerprint density at radius 2 is 2.05 bits per heavy atom. The first-order valence-electron chi connectivity index (χ1n) is 8.23. The van der Waals surface area contributed by atoms with E-state index in [0.29, 0.717) is 12.1 Å². The molecule has 0 aliphatic carbocycles. The van der Waals surface area contributed by atoms with Crippen LogP contribution in [-0.4, -0.2) is 71.6 Å². The van der Waals surface area contributed by atoms with Crippen LogP contribution in [0.3, 0.4) is 0 Å². The molecule has 2 aliphatic heterocycles. The number of aromatic nitrogens is 2. The number of rotatable bonds is 6. The molecule has 2 fully saturated rings. The van der Waals surface area contributed by atoms with Gasteiger partial charge in [-0.1, -0.05) is 0 Å². The maximum Gasteiger partial charge on any atom is 0.0741 e. The molecule has 3 heterocycles. The highest BCUT2D eigenvalue weighted by molar-refractivity contribution is 5.08. The van der Waals surface area contributed by atoms with E-state index < -0.39 is 0 Å². The Morgan fingerprint density at radius 1 is 1.24 bits per heavy atom. The number of likely N-dealkylation sites (tertiary alicyclic amines) is 2. The smallest absolute Gasteiger partial charge is 0.0741 e. The third kappa shape index (κ3) is 3.65. The molecule has 21 heavy (non-hydrogen) atoms. The van der Waals surface area contributed by atoms with Crippen molar-refractivity contribution in [2.45, 2.75) is 37.8 Å². The van der Waals surface area contributed by atoms with Crippen LogP contribution in [0.1, 0.15) is 24.8 Å². The molecule has 0 unspecified atom stereocenters. The molecule has 0 N–H and O–H groups in total. The Balaban J connectivity index is 1.58. The molecular formula is C16H28N4O. The summed E-state index contributed by atoms with van der Waals surface area (Å²) in [5.41, 5.74) is 1.32. The molecule has 0 saturated carbocycles. The van der Waals surface area contributed by atoms with Gasteiger partial charge in [0.25, 0.3) is 0 Å². The third-order valence-electron chi connectivity index (χ3n) is 5.01. The van der Waals surface area contributed by atoms with Gasteiger partial charge >= 0.3 is 0 Å². The molecule has 5 nitrogen and oxygen atoms in total. The van der Waals surface area contributed by atoms with Crippen LogP contribution < -0.4 is 0 Å². The van der Waals surface area contributed by atoms with Gasteiger partial charge in [-0.15, -0.1) is 0 Å². The first kappa shape index (κ1) is 15.0. The monoisotopic (exact) mass is 292 g/mol. The largest absolute Gasteiger partial charge is 0.380 e. The third-order valence-corrected chi connectivity index (χ3v) is 5.01. The average molecular weight is 292 g/mol. The Bertz CT molecular complexity index is 441. The lowest BCUT2D eigenvalue weighted by molar-refractivity contribution is 0.0635. The zero-order valence-electron chi connectivity index (χ0n) is 13.4. The van der Waals surface area contributed by atoms with Gasteiger partial charge in [0.2, 0.25) is 0 Å². The molecule has 0 aromatic carbocycles. The van der Waals surface area contributed by atoms with E-state index >= 15 is 0 Å². The molecule has 2 saturated heterocycles. The molecule has 1 aromatic heterocycles. The van der Waals surface area contributed by atoms with Crippen molar-refractivity contribution in [1.29, 1.82) is 0 Å². The highest BCUT2D eigenvalue weighted by Crippen LogP contribution is 2.24. The number of hydrogen-bond acceptors (Lipinski definition) is 4. The van der Waals surface area contributed by atoms with Gasteiger partial charge in [-0.05, 0) is 44.3 Å². The minimum Gasteiger partial charge on any atom is -0.380 e. The molecule has 0 bridgehead atoms. The lowest BCUT2D eigenvalue weighted by atomic mass is 10.0. The quantitative estimate of drug-likeness (QED) is 0.787. The van der Waals surface area contributed by atoms with Gasteiger partial charge in [0.1, 0.15) is 0 Å². The highest BCUT2D eigenvalue weighted by atomic mass is 16.5. The zero-order valence-corrected chi connectivity index (χ0v) is 13.4. The lowest BCUT2D eigenvalue weighted by Gasteiger charge is -2.29. The van der Waals surface area contributed by atoms with Crippen molar-refractivity contribution >= 4 is 0 Å². The van der Waals surface area contributed by atoms with Crippen molar-refractivity contribution in [1.82, 2.24) is 19.6 Å². The summed E-state index contributed by atoms with van der Waals surface area (Å²) < 4.78 is 7.61. The van der Waals surface area contributed by atoms with Crippen LogP contribution in [0.2, 0.25) is 0 Å². The number of methoxy groups -OCH3 is 1. The van der Waals surface area contributed by atoms with Crippen LogP contribution in [0.25, 0.3) is 0 Å². The average Bonchev–Trinajstić information content (AvgIpc) is 3.19. The number of aryl methyl sites for hydroxylation is 1. The summed E-state index contributed by atoms with van der Waals surface area (Å²) in [6.07, 6.45) is 9.43. The van der Waals surface area contributed by atoms with E-state index in [-0.39, 0.29) is 0 Å². The molecule has 1 aromatic rings. The van der Waals surface area contributed by atoms with Gasteiger partial charge in [-0.3, -0.25) is 9.58 Å². The van der Waals surface area contributed by atoms with Crippen molar-refractivity contribution in [2.75, 3.05) is 39.8 Å². The summed E-state index contributed by atoms with van der Waals surface area (Å²) in [7, 11) is 3.84. The van der Waals surface area contributed by atoms with Gasteiger partial charge in [0, 0.05) is 46.0 Å². The van der Waals surface area contributed by atoms with E-state index in [1.165, 1.54) is 44.6 Å². The van der Waals surface area contributed by atoms with Gasteiger partial charge in [-0.2, -0.15) is 5.10 Å². The first-order chi connectivity index (χ1) is 10.3. The first-order valence-corrected chi connectivity index (χ1v) is 8.23. The summed E-state index contributed by atoms with van der Waals surface area (Å²) in [4.78, 5) is 5.22. The predicted molar refractivity (Wildman–Crippen MR) is 83.4 cm³/mol. The van der Waals surface area contributed by atoms with Crippen LogP contribution >= 0.6 is 0 Å². The second-order valence-electron chi connectivity index (χ2n) is 6.44. The molecule has 0 amide bonds. The number of ether oxygens (including phenoxy) is 1. The van der Waals surface area contributed by atoms with Crippen LogP contribution in [0.5, 0.6) is 0 Å².